The predicted molar refractivity (Wildman–Crippen MR) is 75.2 cm³/mol. The van der Waals surface area contributed by atoms with Gasteiger partial charge in [-0.1, -0.05) is 31.9 Å². The predicted octanol–water partition coefficient (Wildman–Crippen LogP) is 3.32. The number of aliphatic hydroxyl groups excluding tert-OH is 1. The highest BCUT2D eigenvalue weighted by Gasteiger charge is 2.40. The van der Waals surface area contributed by atoms with Crippen LogP contribution in [0.15, 0.2) is 18.2 Å². The molecule has 0 aromatic heterocycles. The Bertz CT molecular complexity index is 438. The van der Waals surface area contributed by atoms with E-state index in [1.807, 2.05) is 6.07 Å². The van der Waals surface area contributed by atoms with E-state index >= 15 is 0 Å². The molecule has 3 heteroatoms. The van der Waals surface area contributed by atoms with Crippen LogP contribution in [0.1, 0.15) is 49.8 Å². The van der Waals surface area contributed by atoms with Crippen molar-refractivity contribution in [1.82, 2.24) is 0 Å². The van der Waals surface area contributed by atoms with Gasteiger partial charge in [0.05, 0.1) is 6.10 Å². The Morgan fingerprint density at radius 1 is 1.42 bits per heavy atom. The number of benzene rings is 1. The van der Waals surface area contributed by atoms with Crippen LogP contribution in [0.3, 0.4) is 0 Å². The smallest absolute Gasteiger partial charge is 0.126 e. The van der Waals surface area contributed by atoms with Gasteiger partial charge in [-0.3, -0.25) is 0 Å². The van der Waals surface area contributed by atoms with Crippen molar-refractivity contribution in [2.45, 2.75) is 45.6 Å². The maximum absolute atomic E-state index is 13.7. The molecule has 1 fully saturated rings. The minimum atomic E-state index is -0.667. The highest BCUT2D eigenvalue weighted by atomic mass is 19.1. The van der Waals surface area contributed by atoms with E-state index in [2.05, 4.69) is 6.92 Å². The zero-order valence-electron chi connectivity index (χ0n) is 11.8. The average Bonchev–Trinajstić information content (AvgIpc) is 2.42. The van der Waals surface area contributed by atoms with Crippen molar-refractivity contribution in [1.29, 1.82) is 0 Å². The Labute approximate surface area is 114 Å². The van der Waals surface area contributed by atoms with Crippen LogP contribution in [-0.2, 0) is 0 Å². The van der Waals surface area contributed by atoms with Gasteiger partial charge in [0, 0.05) is 12.0 Å². The Morgan fingerprint density at radius 3 is 2.58 bits per heavy atom. The third-order valence-corrected chi connectivity index (χ3v) is 4.77. The molecule has 2 rings (SSSR count). The van der Waals surface area contributed by atoms with Gasteiger partial charge < -0.3 is 10.8 Å². The minimum absolute atomic E-state index is 0.257. The van der Waals surface area contributed by atoms with Gasteiger partial charge in [0.25, 0.3) is 0 Å². The fourth-order valence-electron chi connectivity index (χ4n) is 3.06. The van der Waals surface area contributed by atoms with Crippen LogP contribution < -0.4 is 5.73 Å². The summed E-state index contributed by atoms with van der Waals surface area (Å²) in [6.07, 6.45) is 3.34. The standard InChI is InChI=1S/C16H24FNO/c1-11-5-7-16(10-18,8-6-11)15(19)13-4-3-12(2)14(17)9-13/h3-4,9,11,15,19H,5-8,10,18H2,1-2H3. The van der Waals surface area contributed by atoms with Crippen molar-refractivity contribution in [3.63, 3.8) is 0 Å². The van der Waals surface area contributed by atoms with Gasteiger partial charge in [-0.05, 0) is 42.9 Å². The largest absolute Gasteiger partial charge is 0.388 e. The van der Waals surface area contributed by atoms with Crippen molar-refractivity contribution < 1.29 is 9.50 Å². The van der Waals surface area contributed by atoms with Crippen molar-refractivity contribution in [2.75, 3.05) is 6.54 Å². The molecule has 0 aliphatic heterocycles. The molecule has 106 valence electrons. The number of rotatable bonds is 3. The third kappa shape index (κ3) is 2.82. The minimum Gasteiger partial charge on any atom is -0.388 e. The molecule has 0 heterocycles. The number of hydrogen-bond acceptors (Lipinski definition) is 2. The van der Waals surface area contributed by atoms with E-state index in [1.54, 1.807) is 13.0 Å². The summed E-state index contributed by atoms with van der Waals surface area (Å²) in [4.78, 5) is 0. The van der Waals surface area contributed by atoms with Crippen LogP contribution in [0.4, 0.5) is 4.39 Å². The molecule has 2 nitrogen and oxygen atoms in total. The molecule has 1 aromatic carbocycles. The van der Waals surface area contributed by atoms with E-state index in [0.29, 0.717) is 23.6 Å². The van der Waals surface area contributed by atoms with Gasteiger partial charge in [-0.25, -0.2) is 4.39 Å². The fourth-order valence-corrected chi connectivity index (χ4v) is 3.06. The molecule has 1 aromatic rings. The molecule has 1 saturated carbocycles. The Hall–Kier alpha value is -0.930. The van der Waals surface area contributed by atoms with Gasteiger partial charge in [0.2, 0.25) is 0 Å². The first kappa shape index (κ1) is 14.5. The van der Waals surface area contributed by atoms with Crippen molar-refractivity contribution in [3.8, 4) is 0 Å². The molecular weight excluding hydrogens is 241 g/mol. The summed E-state index contributed by atoms with van der Waals surface area (Å²) in [6.45, 7) is 4.42. The summed E-state index contributed by atoms with van der Waals surface area (Å²) >= 11 is 0. The second kappa shape index (κ2) is 5.59. The Balaban J connectivity index is 2.25. The number of nitrogens with two attached hydrogens (primary N) is 1. The van der Waals surface area contributed by atoms with Crippen LogP contribution in [0.5, 0.6) is 0 Å². The summed E-state index contributed by atoms with van der Waals surface area (Å²) in [7, 11) is 0. The highest BCUT2D eigenvalue weighted by Crippen LogP contribution is 2.46. The molecule has 0 radical (unpaired) electrons. The lowest BCUT2D eigenvalue weighted by atomic mass is 9.66. The quantitative estimate of drug-likeness (QED) is 0.880. The number of aryl methyl sites for hydroxylation is 1. The van der Waals surface area contributed by atoms with E-state index in [0.717, 1.165) is 25.7 Å². The van der Waals surface area contributed by atoms with Gasteiger partial charge in [-0.15, -0.1) is 0 Å². The molecule has 0 saturated heterocycles. The molecule has 19 heavy (non-hydrogen) atoms. The molecule has 0 amide bonds. The van der Waals surface area contributed by atoms with Crippen LogP contribution in [-0.4, -0.2) is 11.7 Å². The van der Waals surface area contributed by atoms with Gasteiger partial charge in [-0.2, -0.15) is 0 Å². The third-order valence-electron chi connectivity index (χ3n) is 4.77. The molecule has 1 aliphatic carbocycles. The van der Waals surface area contributed by atoms with Crippen LogP contribution in [0.25, 0.3) is 0 Å². The molecular formula is C16H24FNO. The van der Waals surface area contributed by atoms with Gasteiger partial charge >= 0.3 is 0 Å². The highest BCUT2D eigenvalue weighted by molar-refractivity contribution is 5.26. The van der Waals surface area contributed by atoms with E-state index in [4.69, 9.17) is 5.73 Å². The van der Waals surface area contributed by atoms with E-state index in [1.165, 1.54) is 6.07 Å². The van der Waals surface area contributed by atoms with Crippen molar-refractivity contribution in [3.05, 3.63) is 35.1 Å². The maximum atomic E-state index is 13.7. The van der Waals surface area contributed by atoms with E-state index in [9.17, 15) is 9.50 Å². The first-order valence-corrected chi connectivity index (χ1v) is 7.13. The fraction of sp³-hybridized carbons (Fsp3) is 0.625. The first-order chi connectivity index (χ1) is 8.98. The van der Waals surface area contributed by atoms with Crippen LogP contribution in [0, 0.1) is 24.1 Å². The van der Waals surface area contributed by atoms with E-state index < -0.39 is 6.10 Å². The summed E-state index contributed by atoms with van der Waals surface area (Å²) in [6, 6.07) is 5.00. The second-order valence-electron chi connectivity index (χ2n) is 6.16. The summed E-state index contributed by atoms with van der Waals surface area (Å²) in [5, 5.41) is 10.7. The number of halogens is 1. The molecule has 1 atom stereocenters. The lowest BCUT2D eigenvalue weighted by molar-refractivity contribution is -0.00835. The molecule has 0 bridgehead atoms. The van der Waals surface area contributed by atoms with Crippen LogP contribution >= 0.6 is 0 Å². The molecule has 1 aliphatic rings. The monoisotopic (exact) mass is 265 g/mol. The lowest BCUT2D eigenvalue weighted by Gasteiger charge is -2.42. The molecule has 1 unspecified atom stereocenters. The summed E-state index contributed by atoms with van der Waals surface area (Å²) < 4.78 is 13.7. The van der Waals surface area contributed by atoms with Crippen LogP contribution in [0.2, 0.25) is 0 Å². The SMILES string of the molecule is Cc1ccc(C(O)C2(CN)CCC(C)CC2)cc1F. The number of hydrogen-bond donors (Lipinski definition) is 2. The summed E-state index contributed by atoms with van der Waals surface area (Å²) in [5.41, 5.74) is 6.91. The number of aliphatic hydroxyl groups is 1. The normalized spacial score (nSPS) is 29.2. The molecule has 0 spiro atoms. The van der Waals surface area contributed by atoms with Gasteiger partial charge in [0.15, 0.2) is 0 Å². The van der Waals surface area contributed by atoms with Crippen molar-refractivity contribution in [2.24, 2.45) is 17.1 Å². The topological polar surface area (TPSA) is 46.2 Å². The van der Waals surface area contributed by atoms with Crippen molar-refractivity contribution >= 4 is 0 Å². The second-order valence-corrected chi connectivity index (χ2v) is 6.16. The van der Waals surface area contributed by atoms with E-state index in [-0.39, 0.29) is 11.2 Å². The first-order valence-electron chi connectivity index (χ1n) is 7.13. The van der Waals surface area contributed by atoms with Gasteiger partial charge in [0.1, 0.15) is 5.82 Å². The average molecular weight is 265 g/mol. The molecule has 3 N–H and O–H groups in total. The lowest BCUT2D eigenvalue weighted by Crippen LogP contribution is -2.40. The zero-order valence-corrected chi connectivity index (χ0v) is 11.8. The maximum Gasteiger partial charge on any atom is 0.126 e. The Kier molecular flexibility index (Phi) is 4.26. The zero-order chi connectivity index (χ0) is 14.0. The Morgan fingerprint density at radius 2 is 2.05 bits per heavy atom. The summed E-state index contributed by atoms with van der Waals surface area (Å²) in [5.74, 6) is 0.439.